The van der Waals surface area contributed by atoms with Crippen molar-refractivity contribution >= 4 is 11.9 Å². The molecule has 1 unspecified atom stereocenters. The first-order valence-corrected chi connectivity index (χ1v) is 16.2. The number of aryl methyl sites for hydroxylation is 1. The number of tetrazole rings is 1. The average molecular weight is 714 g/mol. The van der Waals surface area contributed by atoms with Gasteiger partial charge in [0.25, 0.3) is 5.91 Å². The van der Waals surface area contributed by atoms with Crippen LogP contribution in [0.5, 0.6) is 0 Å². The van der Waals surface area contributed by atoms with Crippen LogP contribution < -0.4 is 5.32 Å². The minimum absolute atomic E-state index is 0.0143. The van der Waals surface area contributed by atoms with Gasteiger partial charge in [0.05, 0.1) is 17.4 Å². The number of ether oxygens (including phenoxy) is 1. The van der Waals surface area contributed by atoms with Crippen LogP contribution in [0.1, 0.15) is 74.0 Å². The monoisotopic (exact) mass is 713 g/mol. The van der Waals surface area contributed by atoms with Crippen LogP contribution in [-0.2, 0) is 37.8 Å². The zero-order valence-corrected chi connectivity index (χ0v) is 28.5. The van der Waals surface area contributed by atoms with Crippen molar-refractivity contribution in [3.8, 4) is 22.5 Å². The lowest BCUT2D eigenvalue weighted by Gasteiger charge is -2.19. The highest BCUT2D eigenvalue weighted by Crippen LogP contribution is 2.31. The number of H-pyrrole nitrogens is 1. The van der Waals surface area contributed by atoms with Gasteiger partial charge >= 0.3 is 5.97 Å². The van der Waals surface area contributed by atoms with Gasteiger partial charge in [-0.2, -0.15) is 0 Å². The number of amides is 1. The average Bonchev–Trinajstić information content (AvgIpc) is 3.75. The van der Waals surface area contributed by atoms with E-state index in [9.17, 15) is 14.7 Å². The van der Waals surface area contributed by atoms with Gasteiger partial charge in [-0.3, -0.25) is 30.4 Å². The zero-order valence-electron chi connectivity index (χ0n) is 28.5. The summed E-state index contributed by atoms with van der Waals surface area (Å²) in [5, 5.41) is 61.8. The highest BCUT2D eigenvalue weighted by molar-refractivity contribution is 5.96. The molecule has 4 aromatic rings. The molecule has 0 spiro atoms. The second kappa shape index (κ2) is 18.5. The lowest BCUT2D eigenvalue weighted by atomic mass is 9.98. The third-order valence-electron chi connectivity index (χ3n) is 7.64. The number of nitrogens with one attached hydrogen (secondary N) is 2. The molecule has 2 aromatic heterocycles. The molecule has 7 N–H and O–H groups in total. The SMILES string of the molecule is CCCc1nc(C(C)(C)O)c(C(=O)NCC(=O)OCCCCC(CON(O)O)ON(O)O)n1Cc1ccc(-c2ccccc2-c2nnn[nH]2)cc1. The van der Waals surface area contributed by atoms with Gasteiger partial charge in [0.1, 0.15) is 42.1 Å². The van der Waals surface area contributed by atoms with Crippen LogP contribution >= 0.6 is 0 Å². The predicted molar refractivity (Wildman–Crippen MR) is 174 cm³/mol. The molecule has 0 aliphatic carbocycles. The van der Waals surface area contributed by atoms with E-state index < -0.39 is 47.5 Å². The molecular weight excluding hydrogens is 670 g/mol. The Balaban J connectivity index is 1.42. The van der Waals surface area contributed by atoms with E-state index in [1.807, 2.05) is 55.5 Å². The summed E-state index contributed by atoms with van der Waals surface area (Å²) in [6.07, 6.45) is 1.22. The molecule has 0 aliphatic rings. The Labute approximate surface area is 292 Å². The number of aliphatic hydroxyl groups is 1. The number of aromatic nitrogens is 6. The van der Waals surface area contributed by atoms with Gasteiger partial charge < -0.3 is 19.7 Å². The second-order valence-electron chi connectivity index (χ2n) is 12.0. The van der Waals surface area contributed by atoms with E-state index in [4.69, 9.17) is 25.6 Å². The summed E-state index contributed by atoms with van der Waals surface area (Å²) < 4.78 is 6.99. The van der Waals surface area contributed by atoms with Crippen LogP contribution in [0.4, 0.5) is 0 Å². The molecule has 1 atom stereocenters. The molecule has 0 fully saturated rings. The molecule has 1 amide bonds. The lowest BCUT2D eigenvalue weighted by Crippen LogP contribution is -2.34. The second-order valence-corrected chi connectivity index (χ2v) is 12.0. The summed E-state index contributed by atoms with van der Waals surface area (Å²) in [4.78, 5) is 39.9. The van der Waals surface area contributed by atoms with E-state index in [1.165, 1.54) is 0 Å². The molecule has 4 rings (SSSR count). The van der Waals surface area contributed by atoms with Crippen molar-refractivity contribution < 1.29 is 49.9 Å². The number of nitrogens with zero attached hydrogens (tertiary/aromatic N) is 7. The first kappa shape index (κ1) is 39.1. The van der Waals surface area contributed by atoms with Crippen molar-refractivity contribution in [2.24, 2.45) is 0 Å². The van der Waals surface area contributed by atoms with E-state index in [1.54, 1.807) is 18.4 Å². The van der Waals surface area contributed by atoms with Gasteiger partial charge in [0.2, 0.25) is 0 Å². The van der Waals surface area contributed by atoms with E-state index in [0.29, 0.717) is 30.9 Å². The molecule has 0 saturated heterocycles. The number of esters is 1. The molecule has 276 valence electrons. The van der Waals surface area contributed by atoms with E-state index in [0.717, 1.165) is 28.7 Å². The van der Waals surface area contributed by atoms with Crippen LogP contribution in [0.2, 0.25) is 0 Å². The fourth-order valence-corrected chi connectivity index (χ4v) is 5.32. The summed E-state index contributed by atoms with van der Waals surface area (Å²) in [6, 6.07) is 15.6. The Morgan fingerprint density at radius 2 is 1.75 bits per heavy atom. The van der Waals surface area contributed by atoms with Gasteiger partial charge in [-0.15, -0.1) is 5.10 Å². The molecule has 51 heavy (non-hydrogen) atoms. The molecule has 2 heterocycles. The molecule has 19 heteroatoms. The third kappa shape index (κ3) is 11.4. The maximum Gasteiger partial charge on any atom is 0.325 e. The number of rotatable bonds is 20. The topological polar surface area (TPSA) is 254 Å². The predicted octanol–water partition coefficient (Wildman–Crippen LogP) is 2.79. The number of carbonyl (C=O) groups excluding carboxylic acids is 2. The number of unbranched alkanes of at least 4 members (excludes halogenated alkanes) is 1. The van der Waals surface area contributed by atoms with Crippen LogP contribution in [-0.4, -0.2) is 105 Å². The summed E-state index contributed by atoms with van der Waals surface area (Å²) in [7, 11) is 0. The molecule has 19 nitrogen and oxygen atoms in total. The van der Waals surface area contributed by atoms with Gasteiger partial charge in [-0.1, -0.05) is 55.5 Å². The maximum absolute atomic E-state index is 13.7. The minimum Gasteiger partial charge on any atom is -0.464 e. The summed E-state index contributed by atoms with van der Waals surface area (Å²) >= 11 is 0. The molecule has 0 aliphatic heterocycles. The van der Waals surface area contributed by atoms with Gasteiger partial charge in [-0.25, -0.2) is 19.8 Å². The first-order chi connectivity index (χ1) is 24.4. The number of imidazole rings is 1. The van der Waals surface area contributed by atoms with E-state index >= 15 is 0 Å². The third-order valence-corrected chi connectivity index (χ3v) is 7.64. The smallest absolute Gasteiger partial charge is 0.325 e. The largest absolute Gasteiger partial charge is 0.464 e. The van der Waals surface area contributed by atoms with Crippen LogP contribution in [0.3, 0.4) is 0 Å². The number of carbonyl (C=O) groups is 2. The Bertz CT molecular complexity index is 1690. The fraction of sp³-hybridized carbons (Fsp3) is 0.438. The quantitative estimate of drug-likeness (QED) is 0.0395. The Hall–Kier alpha value is -4.70. The minimum atomic E-state index is -1.47. The van der Waals surface area contributed by atoms with Crippen molar-refractivity contribution in [1.82, 2.24) is 46.3 Å². The van der Waals surface area contributed by atoms with Crippen LogP contribution in [0.25, 0.3) is 22.5 Å². The molecule has 0 bridgehead atoms. The van der Waals surface area contributed by atoms with E-state index in [-0.39, 0.29) is 31.0 Å². The number of hydrogen-bond donors (Lipinski definition) is 7. The highest BCUT2D eigenvalue weighted by atomic mass is 17.1. The van der Waals surface area contributed by atoms with Crippen molar-refractivity contribution in [2.75, 3.05) is 19.8 Å². The summed E-state index contributed by atoms with van der Waals surface area (Å²) in [6.45, 7) is 4.47. The standard InChI is InChI=1S/C32H43N9O10/c1-4-9-26-34-29(32(2,3)44)28(31(43)33-18-27(42)49-17-8-7-10-23(51-41(47)48)20-50-40(45)46)39(26)19-21-13-15-22(16-14-21)24-11-5-6-12-25(24)30-35-37-38-36-30/h5-6,11-16,23,44-48H,4,7-10,17-20H2,1-3H3,(H,33,43)(H,35,36,37,38). The zero-order chi connectivity index (χ0) is 37.0. The molecule has 2 aromatic carbocycles. The summed E-state index contributed by atoms with van der Waals surface area (Å²) in [5.74, 6) is -0.155. The normalized spacial score (nSPS) is 12.4. The number of aromatic amines is 1. The van der Waals surface area contributed by atoms with Crippen molar-refractivity contribution in [3.63, 3.8) is 0 Å². The van der Waals surface area contributed by atoms with Crippen LogP contribution in [0.15, 0.2) is 48.5 Å². The highest BCUT2D eigenvalue weighted by Gasteiger charge is 2.32. The van der Waals surface area contributed by atoms with Gasteiger partial charge in [0.15, 0.2) is 5.82 Å². The summed E-state index contributed by atoms with van der Waals surface area (Å²) in [5.41, 5.74) is 2.42. The Morgan fingerprint density at radius 1 is 1.02 bits per heavy atom. The van der Waals surface area contributed by atoms with Crippen LogP contribution in [0, 0.1) is 0 Å². The Morgan fingerprint density at radius 3 is 2.37 bits per heavy atom. The Kier molecular flexibility index (Phi) is 14.2. The number of benzene rings is 2. The molecular formula is C32H43N9O10. The van der Waals surface area contributed by atoms with Crippen molar-refractivity contribution in [3.05, 3.63) is 71.3 Å². The molecule has 0 radical (unpaired) electrons. The first-order valence-electron chi connectivity index (χ1n) is 16.2. The van der Waals surface area contributed by atoms with Crippen molar-refractivity contribution in [2.45, 2.75) is 71.1 Å². The van der Waals surface area contributed by atoms with Gasteiger partial charge in [-0.05, 0) is 66.6 Å². The number of hydrogen-bond acceptors (Lipinski definition) is 16. The fourth-order valence-electron chi connectivity index (χ4n) is 5.32. The van der Waals surface area contributed by atoms with E-state index in [2.05, 4.69) is 40.6 Å². The van der Waals surface area contributed by atoms with Gasteiger partial charge in [0, 0.05) is 18.5 Å². The molecule has 0 saturated carbocycles. The maximum atomic E-state index is 13.7. The lowest BCUT2D eigenvalue weighted by molar-refractivity contribution is -0.527. The van der Waals surface area contributed by atoms with Crippen molar-refractivity contribution in [1.29, 1.82) is 0 Å².